The van der Waals surface area contributed by atoms with Gasteiger partial charge in [0.25, 0.3) is 0 Å². The summed E-state index contributed by atoms with van der Waals surface area (Å²) in [4.78, 5) is 0. The first-order valence-electron chi connectivity index (χ1n) is 9.04. The number of rotatable bonds is 2. The van der Waals surface area contributed by atoms with Crippen molar-refractivity contribution < 1.29 is 14.2 Å². The van der Waals surface area contributed by atoms with E-state index in [1.807, 2.05) is 44.2 Å². The van der Waals surface area contributed by atoms with Crippen molar-refractivity contribution in [3.8, 4) is 5.75 Å². The van der Waals surface area contributed by atoms with Crippen LogP contribution in [-0.2, 0) is 9.47 Å². The number of hydrogen-bond acceptors (Lipinski definition) is 3. The number of allylic oxidation sites excluding steroid dienone is 1. The van der Waals surface area contributed by atoms with Crippen molar-refractivity contribution in [3.05, 3.63) is 43.0 Å². The molecular weight excluding hydrogens is 312 g/mol. The van der Waals surface area contributed by atoms with Crippen molar-refractivity contribution in [2.24, 2.45) is 5.92 Å². The first-order valence-corrected chi connectivity index (χ1v) is 9.04. The molecule has 3 nitrogen and oxygen atoms in total. The Hall–Kier alpha value is -1.32. The fourth-order valence-electron chi connectivity index (χ4n) is 0.723. The number of methoxy groups -OCH3 is 3. The number of hydrogen-bond donors (Lipinski definition) is 0. The van der Waals surface area contributed by atoms with E-state index >= 15 is 0 Å². The molecule has 0 saturated heterocycles. The number of para-hydroxylation sites is 1. The van der Waals surface area contributed by atoms with Crippen molar-refractivity contribution in [1.29, 1.82) is 0 Å². The summed E-state index contributed by atoms with van der Waals surface area (Å²) in [5.74, 6) is 1.99. The van der Waals surface area contributed by atoms with Crippen molar-refractivity contribution >= 4 is 0 Å². The Balaban J connectivity index is -0.000000113. The highest BCUT2D eigenvalue weighted by Gasteiger charge is 2.12. The van der Waals surface area contributed by atoms with Gasteiger partial charge in [0.1, 0.15) is 5.75 Å². The van der Waals surface area contributed by atoms with Gasteiger partial charge in [-0.25, -0.2) is 0 Å². The van der Waals surface area contributed by atoms with Gasteiger partial charge < -0.3 is 14.2 Å². The van der Waals surface area contributed by atoms with Crippen molar-refractivity contribution in [3.63, 3.8) is 0 Å². The molecule has 25 heavy (non-hydrogen) atoms. The van der Waals surface area contributed by atoms with Crippen LogP contribution in [0.1, 0.15) is 53.9 Å². The molecule has 0 N–H and O–H groups in total. The van der Waals surface area contributed by atoms with Crippen molar-refractivity contribution in [2.75, 3.05) is 35.0 Å². The van der Waals surface area contributed by atoms with Crippen LogP contribution in [0.15, 0.2) is 43.0 Å². The van der Waals surface area contributed by atoms with E-state index in [4.69, 9.17) is 4.74 Å². The molecule has 3 heteroatoms. The van der Waals surface area contributed by atoms with Crippen molar-refractivity contribution in [2.45, 2.75) is 53.9 Å². The lowest BCUT2D eigenvalue weighted by Gasteiger charge is -1.93. The zero-order valence-electron chi connectivity index (χ0n) is 18.3. The van der Waals surface area contributed by atoms with E-state index in [1.54, 1.807) is 34.5 Å². The fourth-order valence-corrected chi connectivity index (χ4v) is 0.723. The molecule has 1 aromatic carbocycles. The minimum Gasteiger partial charge on any atom is -0.497 e. The fraction of sp³-hybridized carbons (Fsp3) is 0.636. The Morgan fingerprint density at radius 2 is 1.28 bits per heavy atom. The number of ether oxygens (including phenoxy) is 3. The molecule has 2 rings (SSSR count). The van der Waals surface area contributed by atoms with Gasteiger partial charge in [-0.2, -0.15) is 0 Å². The topological polar surface area (TPSA) is 27.7 Å². The molecule has 0 unspecified atom stereocenters. The van der Waals surface area contributed by atoms with E-state index in [0.717, 1.165) is 18.3 Å². The molecule has 0 spiro atoms. The molecular formula is C22H44O3. The summed E-state index contributed by atoms with van der Waals surface area (Å²) in [7, 11) is 6.59. The lowest BCUT2D eigenvalue weighted by atomic mass is 10.3. The predicted molar refractivity (Wildman–Crippen MR) is 114 cm³/mol. The maximum atomic E-state index is 4.91. The zero-order chi connectivity index (χ0) is 20.3. The molecule has 1 aliphatic rings. The van der Waals surface area contributed by atoms with Crippen LogP contribution in [0.2, 0.25) is 0 Å². The quantitative estimate of drug-likeness (QED) is 0.556. The van der Waals surface area contributed by atoms with Gasteiger partial charge in [0, 0.05) is 27.9 Å². The first-order chi connectivity index (χ1) is 12.0. The normalized spacial score (nSPS) is 10.1. The molecule has 0 amide bonds. The van der Waals surface area contributed by atoms with Crippen LogP contribution in [0.4, 0.5) is 0 Å². The highest BCUT2D eigenvalue weighted by molar-refractivity contribution is 5.20. The molecule has 1 aromatic rings. The second kappa shape index (κ2) is 34.1. The van der Waals surface area contributed by atoms with Gasteiger partial charge in [0.05, 0.1) is 7.11 Å². The molecule has 0 heterocycles. The molecule has 1 fully saturated rings. The van der Waals surface area contributed by atoms with Gasteiger partial charge in [-0.15, -0.1) is 6.58 Å². The van der Waals surface area contributed by atoms with Crippen LogP contribution in [0, 0.1) is 5.92 Å². The maximum Gasteiger partial charge on any atom is 0.118 e. The molecule has 0 aromatic heterocycles. The smallest absolute Gasteiger partial charge is 0.118 e. The van der Waals surface area contributed by atoms with E-state index < -0.39 is 0 Å². The van der Waals surface area contributed by atoms with Crippen LogP contribution in [0.3, 0.4) is 0 Å². The first kappa shape index (κ1) is 31.4. The average molecular weight is 357 g/mol. The van der Waals surface area contributed by atoms with Crippen LogP contribution >= 0.6 is 0 Å². The summed E-state index contributed by atoms with van der Waals surface area (Å²) in [5, 5.41) is 0. The minimum atomic E-state index is 0.819. The summed E-state index contributed by atoms with van der Waals surface area (Å²) < 4.78 is 13.7. The molecule has 150 valence electrons. The Labute approximate surface area is 158 Å². The summed E-state index contributed by atoms with van der Waals surface area (Å²) in [6.45, 7) is 14.6. The number of benzene rings is 1. The largest absolute Gasteiger partial charge is 0.497 e. The van der Waals surface area contributed by atoms with Crippen LogP contribution < -0.4 is 4.74 Å². The Morgan fingerprint density at radius 1 is 1.00 bits per heavy atom. The second-order valence-electron chi connectivity index (χ2n) is 5.30. The lowest BCUT2D eigenvalue weighted by Crippen LogP contribution is -1.78. The van der Waals surface area contributed by atoms with Gasteiger partial charge in [-0.05, 0) is 31.9 Å². The van der Waals surface area contributed by atoms with Crippen LogP contribution in [-0.4, -0.2) is 35.0 Å². The van der Waals surface area contributed by atoms with Crippen LogP contribution in [0.25, 0.3) is 0 Å². The molecule has 0 radical (unpaired) electrons. The predicted octanol–water partition coefficient (Wildman–Crippen LogP) is 6.64. The zero-order valence-corrected chi connectivity index (χ0v) is 18.3. The van der Waals surface area contributed by atoms with E-state index in [1.165, 1.54) is 19.3 Å². The van der Waals surface area contributed by atoms with Crippen LogP contribution in [0.5, 0.6) is 5.75 Å². The third-order valence-electron chi connectivity index (χ3n) is 2.13. The maximum absolute atomic E-state index is 4.91. The Bertz CT molecular complexity index is 291. The van der Waals surface area contributed by atoms with Gasteiger partial charge in [0.2, 0.25) is 0 Å². The second-order valence-corrected chi connectivity index (χ2v) is 5.30. The van der Waals surface area contributed by atoms with E-state index in [-0.39, 0.29) is 0 Å². The molecule has 0 bridgehead atoms. The third kappa shape index (κ3) is 60.3. The minimum absolute atomic E-state index is 0.819. The Morgan fingerprint density at radius 3 is 1.40 bits per heavy atom. The van der Waals surface area contributed by atoms with Gasteiger partial charge in [0.15, 0.2) is 0 Å². The monoisotopic (exact) mass is 356 g/mol. The third-order valence-corrected chi connectivity index (χ3v) is 2.13. The summed E-state index contributed by atoms with van der Waals surface area (Å²) in [6, 6.07) is 9.68. The van der Waals surface area contributed by atoms with Gasteiger partial charge >= 0.3 is 0 Å². The molecule has 0 atom stereocenters. The van der Waals surface area contributed by atoms with E-state index in [9.17, 15) is 0 Å². The summed E-state index contributed by atoms with van der Waals surface area (Å²) >= 11 is 0. The van der Waals surface area contributed by atoms with Crippen molar-refractivity contribution in [1.82, 2.24) is 0 Å². The summed E-state index contributed by atoms with van der Waals surface area (Å²) in [5.41, 5.74) is 0. The Kier molecular flexibility index (Phi) is 42.9. The molecule has 1 saturated carbocycles. The van der Waals surface area contributed by atoms with Gasteiger partial charge in [-0.3, -0.25) is 0 Å². The van der Waals surface area contributed by atoms with E-state index in [0.29, 0.717) is 0 Å². The summed E-state index contributed by atoms with van der Waals surface area (Å²) in [6.07, 6.45) is 5.97. The highest BCUT2D eigenvalue weighted by Crippen LogP contribution is 2.26. The standard InChI is InChI=1S/C7H8O.C4H8.C3H8O.C3H8.C3H6.C2H6O/c1-8-7-5-3-2-4-6-7;1-4-2-3-4;1-3-4-2;3*1-3-2/h2-6H,1H3;4H,2-3H2,1H3;3H2,1-2H3;3H2,1-2H3;3H,1H2,2H3;1-2H3. The molecule has 0 aliphatic heterocycles. The highest BCUT2D eigenvalue weighted by atomic mass is 16.5. The van der Waals surface area contributed by atoms with E-state index in [2.05, 4.69) is 36.8 Å². The SMILES string of the molecule is C=CC.CC1CC1.CCC.CCOC.COC.COc1ccccc1. The lowest BCUT2D eigenvalue weighted by molar-refractivity contribution is 0.215. The molecule has 1 aliphatic carbocycles. The van der Waals surface area contributed by atoms with Gasteiger partial charge in [-0.1, -0.05) is 64.3 Å². The average Bonchev–Trinajstić information content (AvgIpc) is 3.41.